The van der Waals surface area contributed by atoms with E-state index < -0.39 is 0 Å². The topological polar surface area (TPSA) is 9.23 Å². The predicted molar refractivity (Wildman–Crippen MR) is 80.2 cm³/mol. The molecule has 0 heterocycles. The van der Waals surface area contributed by atoms with Gasteiger partial charge in [0.05, 0.1) is 7.11 Å². The van der Waals surface area contributed by atoms with Crippen LogP contribution in [0.4, 0.5) is 0 Å². The molecular formula is C16H19OP. The van der Waals surface area contributed by atoms with E-state index in [0.717, 1.165) is 11.9 Å². The highest BCUT2D eigenvalue weighted by atomic mass is 31.1. The van der Waals surface area contributed by atoms with Crippen LogP contribution in [0.15, 0.2) is 54.6 Å². The Hall–Kier alpha value is -1.33. The molecule has 0 aliphatic rings. The molecule has 0 aliphatic carbocycles. The Bertz CT molecular complexity index is 464. The third kappa shape index (κ3) is 3.34. The third-order valence-corrected chi connectivity index (χ3v) is 5.57. The van der Waals surface area contributed by atoms with Crippen LogP contribution in [-0.4, -0.2) is 13.3 Å². The quantitative estimate of drug-likeness (QED) is 0.736. The summed E-state index contributed by atoms with van der Waals surface area (Å²) in [5.41, 5.74) is 1.40. The van der Waals surface area contributed by atoms with Crippen molar-refractivity contribution in [3.05, 3.63) is 60.2 Å². The van der Waals surface area contributed by atoms with Crippen molar-refractivity contribution in [2.24, 2.45) is 0 Å². The molecule has 0 radical (unpaired) electrons. The molecule has 0 spiro atoms. The van der Waals surface area contributed by atoms with E-state index >= 15 is 0 Å². The molecular weight excluding hydrogens is 239 g/mol. The average Bonchev–Trinajstić information content (AvgIpc) is 2.46. The second-order valence-corrected chi connectivity index (χ2v) is 6.74. The van der Waals surface area contributed by atoms with Crippen LogP contribution in [0.3, 0.4) is 0 Å². The molecule has 0 N–H and O–H groups in total. The van der Waals surface area contributed by atoms with Crippen molar-refractivity contribution >= 4 is 13.2 Å². The van der Waals surface area contributed by atoms with Gasteiger partial charge < -0.3 is 4.74 Å². The van der Waals surface area contributed by atoms with Gasteiger partial charge >= 0.3 is 0 Å². The van der Waals surface area contributed by atoms with Gasteiger partial charge in [-0.05, 0) is 35.3 Å². The largest absolute Gasteiger partial charge is 0.497 e. The lowest BCUT2D eigenvalue weighted by Crippen LogP contribution is -2.03. The molecule has 0 fully saturated rings. The highest BCUT2D eigenvalue weighted by Gasteiger charge is 2.09. The second kappa shape index (κ2) is 6.56. The summed E-state index contributed by atoms with van der Waals surface area (Å²) in [6, 6.07) is 19.3. The smallest absolute Gasteiger partial charge is 0.118 e. The summed E-state index contributed by atoms with van der Waals surface area (Å²) >= 11 is 0. The fourth-order valence-electron chi connectivity index (χ4n) is 1.98. The standard InChI is InChI=1S/C16H19OP/c1-3-18(16-7-5-4-6-8-16)13-14-9-11-15(17-2)12-10-14/h4-12H,3,13H2,1-2H3. The molecule has 2 rings (SSSR count). The van der Waals surface area contributed by atoms with E-state index in [0.29, 0.717) is 0 Å². The number of hydrogen-bond donors (Lipinski definition) is 0. The maximum absolute atomic E-state index is 5.19. The van der Waals surface area contributed by atoms with Crippen molar-refractivity contribution in [2.45, 2.75) is 13.1 Å². The maximum Gasteiger partial charge on any atom is 0.118 e. The Balaban J connectivity index is 2.10. The van der Waals surface area contributed by atoms with Crippen molar-refractivity contribution < 1.29 is 4.74 Å². The number of hydrogen-bond acceptors (Lipinski definition) is 1. The molecule has 2 aromatic rings. The van der Waals surface area contributed by atoms with Crippen molar-refractivity contribution in [3.8, 4) is 5.75 Å². The molecule has 0 aliphatic heterocycles. The summed E-state index contributed by atoms with van der Waals surface area (Å²) in [5.74, 6) is 0.930. The lowest BCUT2D eigenvalue weighted by Gasteiger charge is -2.16. The molecule has 2 heteroatoms. The van der Waals surface area contributed by atoms with Gasteiger partial charge in [0, 0.05) is 0 Å². The second-order valence-electron chi connectivity index (χ2n) is 4.20. The van der Waals surface area contributed by atoms with Gasteiger partial charge in [0.25, 0.3) is 0 Å². The van der Waals surface area contributed by atoms with Gasteiger partial charge in [-0.1, -0.05) is 57.3 Å². The van der Waals surface area contributed by atoms with Gasteiger partial charge in [0.2, 0.25) is 0 Å². The fraction of sp³-hybridized carbons (Fsp3) is 0.250. The van der Waals surface area contributed by atoms with E-state index in [1.807, 2.05) is 12.1 Å². The first kappa shape index (κ1) is 13.1. The number of rotatable bonds is 5. The van der Waals surface area contributed by atoms with Gasteiger partial charge in [-0.2, -0.15) is 0 Å². The fourth-order valence-corrected chi connectivity index (χ4v) is 3.99. The summed E-state index contributed by atoms with van der Waals surface area (Å²) in [4.78, 5) is 0. The average molecular weight is 258 g/mol. The molecule has 0 saturated heterocycles. The Morgan fingerprint density at radius 3 is 2.17 bits per heavy atom. The van der Waals surface area contributed by atoms with Crippen LogP contribution < -0.4 is 10.0 Å². The van der Waals surface area contributed by atoms with Gasteiger partial charge in [-0.3, -0.25) is 0 Å². The lowest BCUT2D eigenvalue weighted by atomic mass is 10.2. The van der Waals surface area contributed by atoms with Crippen LogP contribution in [-0.2, 0) is 6.16 Å². The van der Waals surface area contributed by atoms with Crippen molar-refractivity contribution in [2.75, 3.05) is 13.3 Å². The van der Waals surface area contributed by atoms with Crippen LogP contribution in [0.25, 0.3) is 0 Å². The van der Waals surface area contributed by atoms with E-state index in [4.69, 9.17) is 4.74 Å². The Morgan fingerprint density at radius 2 is 1.61 bits per heavy atom. The Morgan fingerprint density at radius 1 is 0.944 bits per heavy atom. The zero-order chi connectivity index (χ0) is 12.8. The van der Waals surface area contributed by atoms with Crippen LogP contribution in [0, 0.1) is 0 Å². The van der Waals surface area contributed by atoms with Crippen LogP contribution >= 0.6 is 7.92 Å². The van der Waals surface area contributed by atoms with Gasteiger partial charge in [-0.25, -0.2) is 0 Å². The van der Waals surface area contributed by atoms with Crippen LogP contribution in [0.5, 0.6) is 5.75 Å². The number of benzene rings is 2. The molecule has 0 saturated carbocycles. The van der Waals surface area contributed by atoms with Crippen molar-refractivity contribution in [1.82, 2.24) is 0 Å². The van der Waals surface area contributed by atoms with Crippen molar-refractivity contribution in [3.63, 3.8) is 0 Å². The predicted octanol–water partition coefficient (Wildman–Crippen LogP) is 4.02. The minimum absolute atomic E-state index is 0.0846. The zero-order valence-corrected chi connectivity index (χ0v) is 11.9. The first-order valence-corrected chi connectivity index (χ1v) is 7.97. The molecule has 1 unspecified atom stereocenters. The molecule has 94 valence electrons. The van der Waals surface area contributed by atoms with E-state index in [1.54, 1.807) is 7.11 Å². The highest BCUT2D eigenvalue weighted by molar-refractivity contribution is 7.64. The lowest BCUT2D eigenvalue weighted by molar-refractivity contribution is 0.414. The third-order valence-electron chi connectivity index (χ3n) is 3.04. The van der Waals surface area contributed by atoms with Crippen LogP contribution in [0.1, 0.15) is 12.5 Å². The van der Waals surface area contributed by atoms with E-state index in [2.05, 4.69) is 49.4 Å². The minimum Gasteiger partial charge on any atom is -0.497 e. The maximum atomic E-state index is 5.19. The van der Waals surface area contributed by atoms with Gasteiger partial charge in [0.15, 0.2) is 0 Å². The Kier molecular flexibility index (Phi) is 4.78. The van der Waals surface area contributed by atoms with Gasteiger partial charge in [-0.15, -0.1) is 0 Å². The Labute approximate surface area is 111 Å². The van der Waals surface area contributed by atoms with Gasteiger partial charge in [0.1, 0.15) is 5.75 Å². The summed E-state index contributed by atoms with van der Waals surface area (Å²) < 4.78 is 5.19. The van der Waals surface area contributed by atoms with Crippen LogP contribution in [0.2, 0.25) is 0 Å². The summed E-state index contributed by atoms with van der Waals surface area (Å²) in [6.45, 7) is 2.28. The summed E-state index contributed by atoms with van der Waals surface area (Å²) in [5, 5.41) is 1.49. The first-order valence-electron chi connectivity index (χ1n) is 6.26. The molecule has 18 heavy (non-hydrogen) atoms. The molecule has 0 amide bonds. The molecule has 2 aromatic carbocycles. The first-order chi connectivity index (χ1) is 8.83. The van der Waals surface area contributed by atoms with E-state index in [9.17, 15) is 0 Å². The minimum atomic E-state index is -0.0846. The summed E-state index contributed by atoms with van der Waals surface area (Å²) in [7, 11) is 1.62. The normalized spacial score (nSPS) is 12.1. The number of ether oxygens (including phenoxy) is 1. The van der Waals surface area contributed by atoms with E-state index in [-0.39, 0.29) is 7.92 Å². The highest BCUT2D eigenvalue weighted by Crippen LogP contribution is 2.38. The van der Waals surface area contributed by atoms with Crippen molar-refractivity contribution in [1.29, 1.82) is 0 Å². The van der Waals surface area contributed by atoms with E-state index in [1.165, 1.54) is 17.0 Å². The molecule has 1 atom stereocenters. The summed E-state index contributed by atoms with van der Waals surface area (Å²) in [6.07, 6.45) is 2.38. The zero-order valence-electron chi connectivity index (χ0n) is 11.0. The monoisotopic (exact) mass is 258 g/mol. The molecule has 0 aromatic heterocycles. The molecule has 0 bridgehead atoms. The molecule has 1 nitrogen and oxygen atoms in total. The SMILES string of the molecule is CCP(Cc1ccc(OC)cc1)c1ccccc1. The number of methoxy groups -OCH3 is 1.